The molecule has 33 heavy (non-hydrogen) atoms. The van der Waals surface area contributed by atoms with Crippen LogP contribution in [0.1, 0.15) is 52.5 Å². The average Bonchev–Trinajstić information content (AvgIpc) is 2.74. The van der Waals surface area contributed by atoms with Gasteiger partial charge in [0.15, 0.2) is 0 Å². The molecule has 4 rings (SSSR count). The normalized spacial score (nSPS) is 18.6. The molecule has 2 aromatic carbocycles. The van der Waals surface area contributed by atoms with Crippen LogP contribution in [0, 0.1) is 11.6 Å². The predicted octanol–water partition coefficient (Wildman–Crippen LogP) is 6.53. The van der Waals surface area contributed by atoms with Gasteiger partial charge in [-0.3, -0.25) is 4.98 Å². The molecular weight excluding hydrogens is 420 g/mol. The lowest BCUT2D eigenvalue weighted by Gasteiger charge is -2.52. The first kappa shape index (κ1) is 23.3. The van der Waals surface area contributed by atoms with Crippen molar-refractivity contribution in [2.24, 2.45) is 0 Å². The monoisotopic (exact) mass is 451 g/mol. The molecule has 0 aliphatic carbocycles. The number of ether oxygens (including phenoxy) is 1. The van der Waals surface area contributed by atoms with Crippen LogP contribution in [0.3, 0.4) is 0 Å². The SMILES string of the molecule is CC1(C)CC(CCNc2cncc(-c3cc(F)ccc3F)n2)(c2ccccc2)CC(C)(C)O1. The zero-order valence-corrected chi connectivity index (χ0v) is 19.7. The van der Waals surface area contributed by atoms with Crippen molar-refractivity contribution in [3.05, 3.63) is 78.1 Å². The molecule has 174 valence electrons. The third kappa shape index (κ3) is 5.38. The second kappa shape index (κ2) is 8.82. The Balaban J connectivity index is 1.56. The maximum absolute atomic E-state index is 14.2. The number of halogens is 2. The highest BCUT2D eigenvalue weighted by atomic mass is 19.1. The highest BCUT2D eigenvalue weighted by Gasteiger charge is 2.48. The van der Waals surface area contributed by atoms with Crippen LogP contribution in [0.4, 0.5) is 14.6 Å². The van der Waals surface area contributed by atoms with Gasteiger partial charge in [0.25, 0.3) is 0 Å². The molecule has 1 aliphatic heterocycles. The first-order valence-electron chi connectivity index (χ1n) is 11.3. The van der Waals surface area contributed by atoms with E-state index in [9.17, 15) is 8.78 Å². The van der Waals surface area contributed by atoms with E-state index in [1.54, 1.807) is 6.20 Å². The standard InChI is InChI=1S/C27H31F2N3O/c1-25(2)17-27(18-26(3,4)33-25,19-8-6-5-7-9-19)12-13-31-24-16-30-15-23(32-24)21-14-20(28)10-11-22(21)29/h5-11,14-16H,12-13,17-18H2,1-4H3,(H,31,32). The lowest BCUT2D eigenvalue weighted by Crippen LogP contribution is -2.53. The van der Waals surface area contributed by atoms with Gasteiger partial charge in [-0.2, -0.15) is 0 Å². The van der Waals surface area contributed by atoms with Gasteiger partial charge in [-0.15, -0.1) is 0 Å². The number of benzene rings is 2. The fourth-order valence-corrected chi connectivity index (χ4v) is 5.53. The van der Waals surface area contributed by atoms with E-state index in [1.165, 1.54) is 11.8 Å². The minimum Gasteiger partial charge on any atom is -0.370 e. The summed E-state index contributed by atoms with van der Waals surface area (Å²) in [7, 11) is 0. The van der Waals surface area contributed by atoms with Crippen molar-refractivity contribution < 1.29 is 13.5 Å². The predicted molar refractivity (Wildman–Crippen MR) is 127 cm³/mol. The van der Waals surface area contributed by atoms with E-state index in [0.717, 1.165) is 37.5 Å². The average molecular weight is 452 g/mol. The number of nitrogens with zero attached hydrogens (tertiary/aromatic N) is 2. The van der Waals surface area contributed by atoms with Crippen LogP contribution < -0.4 is 5.32 Å². The van der Waals surface area contributed by atoms with Crippen LogP contribution in [-0.2, 0) is 10.2 Å². The molecule has 2 heterocycles. The van der Waals surface area contributed by atoms with Gasteiger partial charge in [-0.25, -0.2) is 13.8 Å². The second-order valence-electron chi connectivity index (χ2n) is 10.2. The number of hydrogen-bond donors (Lipinski definition) is 1. The Bertz CT molecular complexity index is 1100. The van der Waals surface area contributed by atoms with E-state index >= 15 is 0 Å². The van der Waals surface area contributed by atoms with E-state index in [4.69, 9.17) is 4.74 Å². The largest absolute Gasteiger partial charge is 0.370 e. The minimum absolute atomic E-state index is 0.0702. The van der Waals surface area contributed by atoms with Crippen molar-refractivity contribution in [2.45, 2.75) is 63.6 Å². The van der Waals surface area contributed by atoms with E-state index in [1.807, 2.05) is 6.07 Å². The Kier molecular flexibility index (Phi) is 6.23. The summed E-state index contributed by atoms with van der Waals surface area (Å²) in [6.45, 7) is 9.27. The number of hydrogen-bond acceptors (Lipinski definition) is 4. The van der Waals surface area contributed by atoms with Gasteiger partial charge in [0, 0.05) is 17.5 Å². The summed E-state index contributed by atoms with van der Waals surface area (Å²) in [5.74, 6) is -0.511. The molecule has 1 aliphatic rings. The van der Waals surface area contributed by atoms with Crippen LogP contribution in [0.2, 0.25) is 0 Å². The van der Waals surface area contributed by atoms with Crippen molar-refractivity contribution in [1.82, 2.24) is 9.97 Å². The van der Waals surface area contributed by atoms with Gasteiger partial charge < -0.3 is 10.1 Å². The van der Waals surface area contributed by atoms with Crippen LogP contribution in [0.5, 0.6) is 0 Å². The minimum atomic E-state index is -0.530. The maximum Gasteiger partial charge on any atom is 0.145 e. The second-order valence-corrected chi connectivity index (χ2v) is 10.2. The van der Waals surface area contributed by atoms with Crippen molar-refractivity contribution in [2.75, 3.05) is 11.9 Å². The number of nitrogens with one attached hydrogen (secondary N) is 1. The third-order valence-corrected chi connectivity index (χ3v) is 6.22. The van der Waals surface area contributed by atoms with E-state index in [2.05, 4.69) is 67.2 Å². The lowest BCUT2D eigenvalue weighted by atomic mass is 9.63. The Morgan fingerprint density at radius 3 is 2.33 bits per heavy atom. The number of rotatable bonds is 6. The Morgan fingerprint density at radius 2 is 1.64 bits per heavy atom. The summed E-state index contributed by atoms with van der Waals surface area (Å²) >= 11 is 0. The van der Waals surface area contributed by atoms with E-state index in [-0.39, 0.29) is 22.2 Å². The fourth-order valence-electron chi connectivity index (χ4n) is 5.53. The smallest absolute Gasteiger partial charge is 0.145 e. The fraction of sp³-hybridized carbons (Fsp3) is 0.407. The van der Waals surface area contributed by atoms with Crippen molar-refractivity contribution in [3.8, 4) is 11.3 Å². The van der Waals surface area contributed by atoms with Crippen molar-refractivity contribution >= 4 is 5.82 Å². The molecule has 0 atom stereocenters. The van der Waals surface area contributed by atoms with Crippen LogP contribution in [-0.4, -0.2) is 27.7 Å². The Morgan fingerprint density at radius 1 is 0.939 bits per heavy atom. The summed E-state index contributed by atoms with van der Waals surface area (Å²) in [5.41, 5.74) is 1.11. The molecular formula is C27H31F2N3O. The molecule has 0 radical (unpaired) electrons. The molecule has 1 N–H and O–H groups in total. The van der Waals surface area contributed by atoms with Gasteiger partial charge in [0.1, 0.15) is 17.5 Å². The summed E-state index contributed by atoms with van der Waals surface area (Å²) in [4.78, 5) is 8.66. The zero-order chi connectivity index (χ0) is 23.7. The van der Waals surface area contributed by atoms with Crippen LogP contribution in [0.25, 0.3) is 11.3 Å². The molecule has 0 spiro atoms. The number of anilines is 1. The Hall–Kier alpha value is -2.86. The molecule has 1 saturated heterocycles. The van der Waals surface area contributed by atoms with Crippen molar-refractivity contribution in [1.29, 1.82) is 0 Å². The van der Waals surface area contributed by atoms with Crippen LogP contribution >= 0.6 is 0 Å². The molecule has 0 saturated carbocycles. The van der Waals surface area contributed by atoms with Gasteiger partial charge in [0.05, 0.1) is 29.3 Å². The van der Waals surface area contributed by atoms with E-state index in [0.29, 0.717) is 18.1 Å². The summed E-state index contributed by atoms with van der Waals surface area (Å²) in [5, 5.41) is 3.35. The number of aromatic nitrogens is 2. The molecule has 6 heteroatoms. The van der Waals surface area contributed by atoms with E-state index < -0.39 is 11.6 Å². The zero-order valence-electron chi connectivity index (χ0n) is 19.7. The first-order valence-corrected chi connectivity index (χ1v) is 11.3. The maximum atomic E-state index is 14.2. The molecule has 3 aromatic rings. The van der Waals surface area contributed by atoms with Gasteiger partial charge in [0.2, 0.25) is 0 Å². The first-order chi connectivity index (χ1) is 15.6. The summed E-state index contributed by atoms with van der Waals surface area (Å²) in [6.07, 6.45) is 5.71. The van der Waals surface area contributed by atoms with Gasteiger partial charge in [-0.1, -0.05) is 30.3 Å². The highest BCUT2D eigenvalue weighted by molar-refractivity contribution is 5.60. The van der Waals surface area contributed by atoms with Gasteiger partial charge in [-0.05, 0) is 70.7 Å². The quantitative estimate of drug-likeness (QED) is 0.463. The Labute approximate surface area is 194 Å². The van der Waals surface area contributed by atoms with Gasteiger partial charge >= 0.3 is 0 Å². The molecule has 1 aromatic heterocycles. The lowest BCUT2D eigenvalue weighted by molar-refractivity contribution is -0.180. The molecule has 0 amide bonds. The van der Waals surface area contributed by atoms with Crippen LogP contribution in [0.15, 0.2) is 60.9 Å². The molecule has 4 nitrogen and oxygen atoms in total. The molecule has 1 fully saturated rings. The van der Waals surface area contributed by atoms with Crippen molar-refractivity contribution in [3.63, 3.8) is 0 Å². The third-order valence-electron chi connectivity index (χ3n) is 6.22. The topological polar surface area (TPSA) is 47.0 Å². The molecule has 0 bridgehead atoms. The highest BCUT2D eigenvalue weighted by Crippen LogP contribution is 2.49. The molecule has 0 unspecified atom stereocenters. The summed E-state index contributed by atoms with van der Waals surface area (Å²) in [6, 6.07) is 13.9. The summed E-state index contributed by atoms with van der Waals surface area (Å²) < 4.78 is 34.2.